The molecule has 1 aromatic carbocycles. The molecule has 3 aromatic rings. The summed E-state index contributed by atoms with van der Waals surface area (Å²) in [7, 11) is 0. The number of thiazole rings is 1. The maximum Gasteiger partial charge on any atom is 0.258 e. The lowest BCUT2D eigenvalue weighted by Crippen LogP contribution is -2.15. The first-order valence-electron chi connectivity index (χ1n) is 7.07. The van der Waals surface area contributed by atoms with Crippen LogP contribution in [0.2, 0.25) is 0 Å². The Hall–Kier alpha value is -2.21. The van der Waals surface area contributed by atoms with Crippen molar-refractivity contribution >= 4 is 28.2 Å². The van der Waals surface area contributed by atoms with Crippen LogP contribution in [0.3, 0.4) is 0 Å². The number of carbonyl (C=O) groups is 1. The molecule has 0 atom stereocenters. The summed E-state index contributed by atoms with van der Waals surface area (Å²) in [5.74, 6) is 0.135. The van der Waals surface area contributed by atoms with E-state index in [2.05, 4.69) is 36.2 Å². The van der Waals surface area contributed by atoms with Gasteiger partial charge in [-0.05, 0) is 30.0 Å². The van der Waals surface area contributed by atoms with E-state index >= 15 is 0 Å². The first-order valence-corrected chi connectivity index (χ1v) is 7.95. The van der Waals surface area contributed by atoms with E-state index in [1.54, 1.807) is 4.52 Å². The molecule has 22 heavy (non-hydrogen) atoms. The fourth-order valence-corrected chi connectivity index (χ4v) is 2.94. The van der Waals surface area contributed by atoms with Crippen molar-refractivity contribution in [2.45, 2.75) is 33.1 Å². The molecule has 0 aliphatic carbocycles. The van der Waals surface area contributed by atoms with Gasteiger partial charge in [-0.1, -0.05) is 32.9 Å². The summed E-state index contributed by atoms with van der Waals surface area (Å²) in [6, 6.07) is 7.63. The van der Waals surface area contributed by atoms with Crippen molar-refractivity contribution < 1.29 is 4.79 Å². The van der Waals surface area contributed by atoms with Crippen molar-refractivity contribution in [1.29, 1.82) is 0 Å². The van der Waals surface area contributed by atoms with Gasteiger partial charge in [-0.3, -0.25) is 10.1 Å². The minimum atomic E-state index is -0.198. The molecule has 114 valence electrons. The Morgan fingerprint density at radius 3 is 2.50 bits per heavy atom. The predicted molar refractivity (Wildman–Crippen MR) is 88.7 cm³/mol. The van der Waals surface area contributed by atoms with Crippen LogP contribution in [0, 0.1) is 6.92 Å². The molecule has 0 saturated heterocycles. The second-order valence-corrected chi connectivity index (χ2v) is 7.12. The van der Waals surface area contributed by atoms with E-state index in [4.69, 9.17) is 0 Å². The first kappa shape index (κ1) is 14.7. The van der Waals surface area contributed by atoms with E-state index in [0.29, 0.717) is 11.5 Å². The SMILES string of the molecule is Cc1csc2nc(NC(=O)c3ccc(C(C)(C)C)cc3)nn12. The van der Waals surface area contributed by atoms with Gasteiger partial charge in [-0.2, -0.15) is 4.98 Å². The Morgan fingerprint density at radius 2 is 1.91 bits per heavy atom. The molecular formula is C16H18N4OS. The smallest absolute Gasteiger partial charge is 0.258 e. The number of benzene rings is 1. The van der Waals surface area contributed by atoms with Crippen LogP contribution in [0.1, 0.15) is 42.4 Å². The van der Waals surface area contributed by atoms with Gasteiger partial charge in [0.15, 0.2) is 0 Å². The van der Waals surface area contributed by atoms with Gasteiger partial charge in [0.2, 0.25) is 4.96 Å². The lowest BCUT2D eigenvalue weighted by Gasteiger charge is -2.18. The molecular weight excluding hydrogens is 296 g/mol. The zero-order chi connectivity index (χ0) is 15.9. The molecule has 5 nitrogen and oxygen atoms in total. The third kappa shape index (κ3) is 2.74. The highest BCUT2D eigenvalue weighted by atomic mass is 32.1. The van der Waals surface area contributed by atoms with Gasteiger partial charge < -0.3 is 0 Å². The summed E-state index contributed by atoms with van der Waals surface area (Å²) >= 11 is 1.50. The zero-order valence-corrected chi connectivity index (χ0v) is 13.9. The summed E-state index contributed by atoms with van der Waals surface area (Å²) < 4.78 is 1.73. The summed E-state index contributed by atoms with van der Waals surface area (Å²) in [4.78, 5) is 17.3. The second kappa shape index (κ2) is 5.21. The van der Waals surface area contributed by atoms with Crippen LogP contribution in [0.4, 0.5) is 5.95 Å². The van der Waals surface area contributed by atoms with Crippen LogP contribution in [0.5, 0.6) is 0 Å². The number of amides is 1. The topological polar surface area (TPSA) is 59.3 Å². The molecule has 0 aliphatic rings. The number of nitrogens with zero attached hydrogens (tertiary/aromatic N) is 3. The molecule has 0 radical (unpaired) electrons. The van der Waals surface area contributed by atoms with Crippen molar-refractivity contribution in [2.75, 3.05) is 5.32 Å². The van der Waals surface area contributed by atoms with Crippen LogP contribution in [0.25, 0.3) is 4.96 Å². The van der Waals surface area contributed by atoms with Crippen LogP contribution in [-0.4, -0.2) is 20.5 Å². The molecule has 6 heteroatoms. The molecule has 1 amide bonds. The van der Waals surface area contributed by atoms with Crippen LogP contribution in [-0.2, 0) is 5.41 Å². The first-order chi connectivity index (χ1) is 10.3. The van der Waals surface area contributed by atoms with Gasteiger partial charge in [-0.15, -0.1) is 16.4 Å². The number of hydrogen-bond donors (Lipinski definition) is 1. The maximum absolute atomic E-state index is 12.3. The average Bonchev–Trinajstić information content (AvgIpc) is 3.00. The fraction of sp³-hybridized carbons (Fsp3) is 0.312. The Kier molecular flexibility index (Phi) is 3.48. The van der Waals surface area contributed by atoms with E-state index in [-0.39, 0.29) is 11.3 Å². The molecule has 0 aliphatic heterocycles. The highest BCUT2D eigenvalue weighted by molar-refractivity contribution is 7.15. The Balaban J connectivity index is 1.79. The summed E-state index contributed by atoms with van der Waals surface area (Å²) in [5.41, 5.74) is 2.87. The van der Waals surface area contributed by atoms with Crippen molar-refractivity contribution in [3.63, 3.8) is 0 Å². The van der Waals surface area contributed by atoms with E-state index in [1.807, 2.05) is 36.6 Å². The van der Waals surface area contributed by atoms with Gasteiger partial charge in [0.05, 0.1) is 5.69 Å². The van der Waals surface area contributed by atoms with E-state index in [1.165, 1.54) is 16.9 Å². The third-order valence-corrected chi connectivity index (χ3v) is 4.42. The normalized spacial score (nSPS) is 11.8. The molecule has 2 aromatic heterocycles. The molecule has 3 rings (SSSR count). The predicted octanol–water partition coefficient (Wildman–Crippen LogP) is 3.65. The molecule has 0 saturated carbocycles. The van der Waals surface area contributed by atoms with E-state index in [0.717, 1.165) is 10.7 Å². The van der Waals surface area contributed by atoms with Gasteiger partial charge in [0.25, 0.3) is 11.9 Å². The van der Waals surface area contributed by atoms with Crippen molar-refractivity contribution in [3.05, 3.63) is 46.5 Å². The molecule has 1 N–H and O–H groups in total. The molecule has 2 heterocycles. The van der Waals surface area contributed by atoms with Crippen molar-refractivity contribution in [1.82, 2.24) is 14.6 Å². The third-order valence-electron chi connectivity index (χ3n) is 3.48. The lowest BCUT2D eigenvalue weighted by atomic mass is 9.87. The highest BCUT2D eigenvalue weighted by Crippen LogP contribution is 2.22. The largest absolute Gasteiger partial charge is 0.289 e. The number of hydrogen-bond acceptors (Lipinski definition) is 4. The van der Waals surface area contributed by atoms with Gasteiger partial charge in [0, 0.05) is 10.9 Å². The van der Waals surface area contributed by atoms with Gasteiger partial charge in [0.1, 0.15) is 0 Å². The number of anilines is 1. The molecule has 0 spiro atoms. The number of rotatable bonds is 2. The second-order valence-electron chi connectivity index (χ2n) is 6.29. The van der Waals surface area contributed by atoms with Crippen LogP contribution < -0.4 is 5.32 Å². The Labute approximate surface area is 133 Å². The zero-order valence-electron chi connectivity index (χ0n) is 13.0. The summed E-state index contributed by atoms with van der Waals surface area (Å²) in [6.07, 6.45) is 0. The number of fused-ring (bicyclic) bond motifs is 1. The van der Waals surface area contributed by atoms with Gasteiger partial charge >= 0.3 is 0 Å². The minimum Gasteiger partial charge on any atom is -0.289 e. The highest BCUT2D eigenvalue weighted by Gasteiger charge is 2.15. The standard InChI is InChI=1S/C16H18N4OS/c1-10-9-22-15-18-14(19-20(10)15)17-13(21)11-5-7-12(8-6-11)16(2,3)4/h5-9H,1-4H3,(H,17,19,21). The lowest BCUT2D eigenvalue weighted by molar-refractivity contribution is 0.102. The number of aryl methyl sites for hydroxylation is 1. The summed E-state index contributed by atoms with van der Waals surface area (Å²) in [5, 5.41) is 9.00. The molecule has 0 bridgehead atoms. The average molecular weight is 314 g/mol. The van der Waals surface area contributed by atoms with Crippen LogP contribution >= 0.6 is 11.3 Å². The molecule has 0 unspecified atom stereocenters. The summed E-state index contributed by atoms with van der Waals surface area (Å²) in [6.45, 7) is 8.39. The number of nitrogens with one attached hydrogen (secondary N) is 1. The van der Waals surface area contributed by atoms with Gasteiger partial charge in [-0.25, -0.2) is 4.52 Å². The number of aromatic nitrogens is 3. The quantitative estimate of drug-likeness (QED) is 0.785. The molecule has 0 fully saturated rings. The van der Waals surface area contributed by atoms with Crippen LogP contribution in [0.15, 0.2) is 29.6 Å². The fourth-order valence-electron chi connectivity index (χ4n) is 2.14. The Morgan fingerprint density at radius 1 is 1.23 bits per heavy atom. The minimum absolute atomic E-state index is 0.0718. The van der Waals surface area contributed by atoms with E-state index < -0.39 is 0 Å². The van der Waals surface area contributed by atoms with Crippen molar-refractivity contribution in [2.24, 2.45) is 0 Å². The van der Waals surface area contributed by atoms with Crippen molar-refractivity contribution in [3.8, 4) is 0 Å². The maximum atomic E-state index is 12.3. The van der Waals surface area contributed by atoms with E-state index in [9.17, 15) is 4.79 Å². The number of carbonyl (C=O) groups excluding carboxylic acids is 1. The monoisotopic (exact) mass is 314 g/mol. The Bertz CT molecular complexity index is 824.